The van der Waals surface area contributed by atoms with Crippen molar-refractivity contribution >= 4 is 28.9 Å². The zero-order chi connectivity index (χ0) is 27.6. The molecule has 206 valence electrons. The molecule has 0 aliphatic carbocycles. The normalized spacial score (nSPS) is 13.6. The van der Waals surface area contributed by atoms with Gasteiger partial charge in [-0.2, -0.15) is 0 Å². The fourth-order valence-corrected chi connectivity index (χ4v) is 5.63. The molecule has 4 rings (SSSR count). The smallest absolute Gasteiger partial charge is 0.270 e. The van der Waals surface area contributed by atoms with Crippen LogP contribution in [0, 0.1) is 0 Å². The third-order valence-corrected chi connectivity index (χ3v) is 7.89. The summed E-state index contributed by atoms with van der Waals surface area (Å²) in [4.78, 5) is 44.3. The summed E-state index contributed by atoms with van der Waals surface area (Å²) in [6, 6.07) is 14.8. The lowest BCUT2D eigenvalue weighted by Crippen LogP contribution is -2.38. The second-order valence-electron chi connectivity index (χ2n) is 9.42. The maximum Gasteiger partial charge on any atom is 0.270 e. The van der Waals surface area contributed by atoms with Crippen molar-refractivity contribution in [1.29, 1.82) is 0 Å². The molecule has 1 aliphatic heterocycles. The SMILES string of the molecule is CCOc1ccccc1CCNC(=O)c1csc(C2CCN(C(=O)CCC(=O)c3ccc(OC)cc3)CC2)n1. The highest BCUT2D eigenvalue weighted by molar-refractivity contribution is 7.09. The summed E-state index contributed by atoms with van der Waals surface area (Å²) < 4.78 is 10.8. The number of para-hydroxylation sites is 1. The first kappa shape index (κ1) is 28.3. The number of methoxy groups -OCH3 is 1. The molecule has 1 aromatic heterocycles. The molecule has 39 heavy (non-hydrogen) atoms. The summed E-state index contributed by atoms with van der Waals surface area (Å²) in [5.41, 5.74) is 2.08. The molecular weight excluding hydrogens is 514 g/mol. The van der Waals surface area contributed by atoms with Crippen molar-refractivity contribution in [2.75, 3.05) is 33.4 Å². The largest absolute Gasteiger partial charge is 0.497 e. The van der Waals surface area contributed by atoms with Crippen LogP contribution in [0.4, 0.5) is 0 Å². The predicted octanol–water partition coefficient (Wildman–Crippen LogP) is 4.89. The number of likely N-dealkylation sites (tertiary alicyclic amines) is 1. The Labute approximate surface area is 233 Å². The third kappa shape index (κ3) is 7.66. The van der Waals surface area contributed by atoms with E-state index in [0.29, 0.717) is 49.7 Å². The van der Waals surface area contributed by atoms with Crippen molar-refractivity contribution in [1.82, 2.24) is 15.2 Å². The molecule has 1 aliphatic rings. The standard InChI is InChI=1S/C30H35N3O5S/c1-3-38-27-7-5-4-6-22(27)14-17-31-29(36)25-20-39-30(32-25)23-15-18-33(19-16-23)28(35)13-12-26(34)21-8-10-24(37-2)11-9-21/h4-11,20,23H,3,12-19H2,1-2H3,(H,31,36). The Hall–Kier alpha value is -3.72. The van der Waals surface area contributed by atoms with E-state index in [9.17, 15) is 14.4 Å². The van der Waals surface area contributed by atoms with Gasteiger partial charge in [0.1, 0.15) is 17.2 Å². The van der Waals surface area contributed by atoms with Gasteiger partial charge in [-0.15, -0.1) is 11.3 Å². The van der Waals surface area contributed by atoms with E-state index in [0.717, 1.165) is 29.2 Å². The third-order valence-electron chi connectivity index (χ3n) is 6.88. The molecule has 0 bridgehead atoms. The molecule has 2 amide bonds. The van der Waals surface area contributed by atoms with Gasteiger partial charge in [-0.05, 0) is 62.1 Å². The Kier molecular flexibility index (Phi) is 10.1. The maximum absolute atomic E-state index is 12.7. The van der Waals surface area contributed by atoms with Gasteiger partial charge in [-0.3, -0.25) is 14.4 Å². The second kappa shape index (κ2) is 13.9. The molecule has 1 N–H and O–H groups in total. The number of aromatic nitrogens is 1. The first-order valence-corrected chi connectivity index (χ1v) is 14.3. The molecule has 8 nitrogen and oxygen atoms in total. The number of carbonyl (C=O) groups is 3. The van der Waals surface area contributed by atoms with E-state index in [4.69, 9.17) is 9.47 Å². The van der Waals surface area contributed by atoms with E-state index >= 15 is 0 Å². The fourth-order valence-electron chi connectivity index (χ4n) is 4.66. The van der Waals surface area contributed by atoms with Gasteiger partial charge in [-0.25, -0.2) is 4.98 Å². The average molecular weight is 550 g/mol. The lowest BCUT2D eigenvalue weighted by Gasteiger charge is -2.31. The second-order valence-corrected chi connectivity index (χ2v) is 10.3. The number of nitrogens with one attached hydrogen (secondary N) is 1. The monoisotopic (exact) mass is 549 g/mol. The van der Waals surface area contributed by atoms with Crippen molar-refractivity contribution in [2.45, 2.75) is 44.9 Å². The Morgan fingerprint density at radius 3 is 2.51 bits per heavy atom. The number of amides is 2. The van der Waals surface area contributed by atoms with Crippen molar-refractivity contribution in [2.24, 2.45) is 0 Å². The first-order chi connectivity index (χ1) is 19.0. The van der Waals surface area contributed by atoms with Crippen LogP contribution in [0.3, 0.4) is 0 Å². The number of ketones is 1. The van der Waals surface area contributed by atoms with Crippen LogP contribution in [0.25, 0.3) is 0 Å². The first-order valence-electron chi connectivity index (χ1n) is 13.4. The van der Waals surface area contributed by atoms with Crippen molar-refractivity contribution in [3.63, 3.8) is 0 Å². The lowest BCUT2D eigenvalue weighted by atomic mass is 9.97. The molecule has 2 heterocycles. The van der Waals surface area contributed by atoms with Crippen molar-refractivity contribution in [3.8, 4) is 11.5 Å². The van der Waals surface area contributed by atoms with Gasteiger partial charge in [-0.1, -0.05) is 18.2 Å². The van der Waals surface area contributed by atoms with E-state index in [2.05, 4.69) is 10.3 Å². The quantitative estimate of drug-likeness (QED) is 0.323. The van der Waals surface area contributed by atoms with Gasteiger partial charge in [0.2, 0.25) is 5.91 Å². The molecule has 3 aromatic rings. The highest BCUT2D eigenvalue weighted by Gasteiger charge is 2.26. The molecule has 1 fully saturated rings. The Balaban J connectivity index is 1.20. The zero-order valence-electron chi connectivity index (χ0n) is 22.5. The molecule has 0 unspecified atom stereocenters. The van der Waals surface area contributed by atoms with Crippen LogP contribution < -0.4 is 14.8 Å². The van der Waals surface area contributed by atoms with Gasteiger partial charge in [0.15, 0.2) is 5.78 Å². The number of piperidine rings is 1. The number of ether oxygens (including phenoxy) is 2. The topological polar surface area (TPSA) is 97.8 Å². The minimum atomic E-state index is -0.180. The van der Waals surface area contributed by atoms with Gasteiger partial charge in [0.25, 0.3) is 5.91 Å². The van der Waals surface area contributed by atoms with Crippen LogP contribution in [0.2, 0.25) is 0 Å². The molecule has 0 saturated carbocycles. The van der Waals surface area contributed by atoms with Crippen LogP contribution in [-0.2, 0) is 11.2 Å². The van der Waals surface area contributed by atoms with Crippen LogP contribution in [0.1, 0.15) is 69.9 Å². The van der Waals surface area contributed by atoms with Gasteiger partial charge < -0.3 is 19.7 Å². The number of carbonyl (C=O) groups excluding carboxylic acids is 3. The molecule has 0 spiro atoms. The Morgan fingerprint density at radius 2 is 1.79 bits per heavy atom. The fraction of sp³-hybridized carbons (Fsp3) is 0.400. The van der Waals surface area contributed by atoms with Crippen LogP contribution in [-0.4, -0.2) is 60.8 Å². The number of thiazole rings is 1. The highest BCUT2D eigenvalue weighted by Crippen LogP contribution is 2.30. The van der Waals surface area contributed by atoms with E-state index in [-0.39, 0.29) is 36.4 Å². The molecule has 1 saturated heterocycles. The van der Waals surface area contributed by atoms with Crippen molar-refractivity contribution in [3.05, 3.63) is 75.7 Å². The summed E-state index contributed by atoms with van der Waals surface area (Å²) in [5.74, 6) is 1.53. The zero-order valence-corrected chi connectivity index (χ0v) is 23.3. The number of benzene rings is 2. The van der Waals surface area contributed by atoms with Crippen LogP contribution in [0.5, 0.6) is 11.5 Å². The minimum absolute atomic E-state index is 0.000396. The van der Waals surface area contributed by atoms with Gasteiger partial charge in [0.05, 0.1) is 18.7 Å². The molecule has 0 radical (unpaired) electrons. The summed E-state index contributed by atoms with van der Waals surface area (Å²) in [6.45, 7) is 4.30. The molecular formula is C30H35N3O5S. The Morgan fingerprint density at radius 1 is 1.05 bits per heavy atom. The lowest BCUT2D eigenvalue weighted by molar-refractivity contribution is -0.132. The van der Waals surface area contributed by atoms with E-state index < -0.39 is 0 Å². The summed E-state index contributed by atoms with van der Waals surface area (Å²) in [6.07, 6.45) is 2.65. The van der Waals surface area contributed by atoms with Gasteiger partial charge in [0, 0.05) is 49.3 Å². The average Bonchev–Trinajstić information content (AvgIpc) is 3.47. The van der Waals surface area contributed by atoms with Crippen molar-refractivity contribution < 1.29 is 23.9 Å². The number of hydrogen-bond acceptors (Lipinski definition) is 7. The van der Waals surface area contributed by atoms with E-state index in [1.807, 2.05) is 36.1 Å². The number of nitrogens with zero attached hydrogens (tertiary/aromatic N) is 2. The molecule has 9 heteroatoms. The number of Topliss-reactive ketones (excluding diaryl/α,β-unsaturated/α-hetero) is 1. The summed E-state index contributed by atoms with van der Waals surface area (Å²) in [5, 5.41) is 5.70. The minimum Gasteiger partial charge on any atom is -0.497 e. The summed E-state index contributed by atoms with van der Waals surface area (Å²) >= 11 is 1.50. The number of hydrogen-bond donors (Lipinski definition) is 1. The predicted molar refractivity (Wildman–Crippen MR) is 151 cm³/mol. The molecule has 0 atom stereocenters. The Bertz CT molecular complexity index is 1270. The van der Waals surface area contributed by atoms with E-state index in [1.54, 1.807) is 36.8 Å². The summed E-state index contributed by atoms with van der Waals surface area (Å²) in [7, 11) is 1.58. The van der Waals surface area contributed by atoms with Crippen LogP contribution >= 0.6 is 11.3 Å². The molecule has 2 aromatic carbocycles. The van der Waals surface area contributed by atoms with E-state index in [1.165, 1.54) is 11.3 Å². The maximum atomic E-state index is 12.7. The van der Waals surface area contributed by atoms with Gasteiger partial charge >= 0.3 is 0 Å². The number of rotatable bonds is 12. The highest BCUT2D eigenvalue weighted by atomic mass is 32.1. The van der Waals surface area contributed by atoms with Crippen LogP contribution in [0.15, 0.2) is 53.9 Å².